The lowest BCUT2D eigenvalue weighted by atomic mass is 10.2. The van der Waals surface area contributed by atoms with Crippen LogP contribution in [-0.4, -0.2) is 44.5 Å². The molecule has 8 heteroatoms. The monoisotopic (exact) mass is 322 g/mol. The number of hydrogen-bond acceptors (Lipinski definition) is 5. The van der Waals surface area contributed by atoms with E-state index in [0.29, 0.717) is 6.42 Å². The van der Waals surface area contributed by atoms with E-state index in [1.54, 1.807) is 20.8 Å². The quantitative estimate of drug-likeness (QED) is 0.633. The van der Waals surface area contributed by atoms with E-state index in [0.717, 1.165) is 6.42 Å². The molecule has 0 aromatic carbocycles. The average Bonchev–Trinajstić information content (AvgIpc) is 2.29. The fraction of sp³-hybridized carbons (Fsp3) is 0.846. The highest BCUT2D eigenvalue weighted by molar-refractivity contribution is 7.92. The topological polar surface area (TPSA) is 117 Å². The van der Waals surface area contributed by atoms with Crippen molar-refractivity contribution in [1.82, 2.24) is 5.32 Å². The van der Waals surface area contributed by atoms with E-state index in [-0.39, 0.29) is 17.9 Å². The highest BCUT2D eigenvalue weighted by Gasteiger charge is 2.24. The number of carbonyl (C=O) groups excluding carboxylic acids is 1. The van der Waals surface area contributed by atoms with Crippen LogP contribution in [0, 0.1) is 4.78 Å². The molecule has 0 bridgehead atoms. The number of aliphatic carboxylic acids is 1. The average molecular weight is 322 g/mol. The Bertz CT molecular complexity index is 454. The van der Waals surface area contributed by atoms with Gasteiger partial charge >= 0.3 is 12.1 Å². The van der Waals surface area contributed by atoms with Gasteiger partial charge in [0.1, 0.15) is 11.6 Å². The van der Waals surface area contributed by atoms with Crippen molar-refractivity contribution in [3.63, 3.8) is 0 Å². The Balaban J connectivity index is 4.52. The number of nitrogens with one attached hydrogen (secondary N) is 2. The standard InChI is InChI=1S/C13H26N2O5S/c1-5-6-8-21(14,19)9-7-10(11(16)17)15-12(18)20-13(2,3)4/h10,14H,5-9H2,1-4H3,(H,15,18)(H,16,17)/t10-,21?/m0/s1. The number of carboxylic acid groups (broad SMARTS) is 1. The Morgan fingerprint density at radius 2 is 1.90 bits per heavy atom. The summed E-state index contributed by atoms with van der Waals surface area (Å²) in [4.78, 5) is 22.7. The number of carboxylic acids is 1. The Kier molecular flexibility index (Phi) is 7.70. The smallest absolute Gasteiger partial charge is 0.408 e. The van der Waals surface area contributed by atoms with Crippen LogP contribution >= 0.6 is 0 Å². The molecule has 0 aliphatic carbocycles. The lowest BCUT2D eigenvalue weighted by Crippen LogP contribution is -2.44. The molecule has 124 valence electrons. The molecule has 0 saturated carbocycles. The van der Waals surface area contributed by atoms with Crippen molar-refractivity contribution in [3.8, 4) is 0 Å². The van der Waals surface area contributed by atoms with Gasteiger partial charge < -0.3 is 15.2 Å². The van der Waals surface area contributed by atoms with E-state index in [9.17, 15) is 13.8 Å². The van der Waals surface area contributed by atoms with Crippen molar-refractivity contribution in [1.29, 1.82) is 4.78 Å². The van der Waals surface area contributed by atoms with E-state index >= 15 is 0 Å². The molecule has 1 amide bonds. The largest absolute Gasteiger partial charge is 0.480 e. The van der Waals surface area contributed by atoms with Gasteiger partial charge in [-0.15, -0.1) is 0 Å². The molecule has 1 unspecified atom stereocenters. The first-order valence-corrected chi connectivity index (χ1v) is 8.83. The minimum absolute atomic E-state index is 0.0549. The molecule has 0 radical (unpaired) electrons. The van der Waals surface area contributed by atoms with Gasteiger partial charge in [-0.05, 0) is 33.6 Å². The summed E-state index contributed by atoms with van der Waals surface area (Å²) in [7, 11) is -2.80. The highest BCUT2D eigenvalue weighted by atomic mass is 32.2. The molecule has 0 heterocycles. The molecule has 0 rings (SSSR count). The van der Waals surface area contributed by atoms with Gasteiger partial charge in [0.15, 0.2) is 0 Å². The molecule has 0 aliphatic heterocycles. The molecular weight excluding hydrogens is 296 g/mol. The summed E-state index contributed by atoms with van der Waals surface area (Å²) < 4.78 is 24.6. The maximum Gasteiger partial charge on any atom is 0.408 e. The Morgan fingerprint density at radius 1 is 1.33 bits per heavy atom. The van der Waals surface area contributed by atoms with Gasteiger partial charge in [0, 0.05) is 21.2 Å². The van der Waals surface area contributed by atoms with Gasteiger partial charge in [-0.3, -0.25) is 4.78 Å². The second-order valence-corrected chi connectivity index (χ2v) is 8.34. The van der Waals surface area contributed by atoms with Crippen LogP contribution in [0.3, 0.4) is 0 Å². The maximum atomic E-state index is 11.9. The summed E-state index contributed by atoms with van der Waals surface area (Å²) in [5, 5.41) is 11.3. The molecule has 3 N–H and O–H groups in total. The van der Waals surface area contributed by atoms with Gasteiger partial charge in [-0.1, -0.05) is 13.3 Å². The fourth-order valence-electron chi connectivity index (χ4n) is 1.49. The van der Waals surface area contributed by atoms with Crippen LogP contribution in [0.15, 0.2) is 0 Å². The number of amides is 1. The van der Waals surface area contributed by atoms with Crippen LogP contribution in [0.1, 0.15) is 47.0 Å². The zero-order chi connectivity index (χ0) is 16.7. The number of unbranched alkanes of at least 4 members (excludes halogenated alkanes) is 1. The number of rotatable bonds is 8. The molecule has 0 spiro atoms. The summed E-state index contributed by atoms with van der Waals surface area (Å²) >= 11 is 0. The van der Waals surface area contributed by atoms with E-state index in [1.807, 2.05) is 6.92 Å². The number of hydrogen-bond donors (Lipinski definition) is 3. The van der Waals surface area contributed by atoms with Crippen LogP contribution < -0.4 is 5.32 Å². The maximum absolute atomic E-state index is 11.9. The second-order valence-electron chi connectivity index (χ2n) is 5.90. The third kappa shape index (κ3) is 10.1. The second kappa shape index (κ2) is 8.21. The number of carbonyl (C=O) groups is 2. The third-order valence-corrected chi connectivity index (χ3v) is 4.40. The first-order valence-electron chi connectivity index (χ1n) is 6.93. The van der Waals surface area contributed by atoms with Crippen molar-refractivity contribution in [2.45, 2.75) is 58.6 Å². The predicted octanol–water partition coefficient (Wildman–Crippen LogP) is 2.20. The molecule has 0 aromatic rings. The van der Waals surface area contributed by atoms with E-state index in [1.165, 1.54) is 0 Å². The summed E-state index contributed by atoms with van der Waals surface area (Å²) in [5.41, 5.74) is -0.725. The number of alkyl carbamates (subject to hydrolysis) is 1. The normalized spacial score (nSPS) is 15.8. The van der Waals surface area contributed by atoms with E-state index < -0.39 is 33.4 Å². The van der Waals surface area contributed by atoms with Crippen molar-refractivity contribution < 1.29 is 23.6 Å². The van der Waals surface area contributed by atoms with Crippen LogP contribution in [0.4, 0.5) is 4.79 Å². The SMILES string of the molecule is CCCCS(=N)(=O)CC[C@H](NC(=O)OC(C)(C)C)C(=O)O. The molecule has 0 fully saturated rings. The Hall–Kier alpha value is -1.31. The third-order valence-electron chi connectivity index (χ3n) is 2.55. The van der Waals surface area contributed by atoms with Crippen molar-refractivity contribution >= 4 is 21.8 Å². The summed E-state index contributed by atoms with van der Waals surface area (Å²) in [6, 6.07) is -1.20. The summed E-state index contributed by atoms with van der Waals surface area (Å²) in [6.45, 7) is 6.94. The fourth-order valence-corrected chi connectivity index (χ4v) is 3.07. The summed E-state index contributed by atoms with van der Waals surface area (Å²) in [6.07, 6.45) is 0.606. The van der Waals surface area contributed by atoms with Crippen LogP contribution in [-0.2, 0) is 19.3 Å². The molecule has 0 aromatic heterocycles. The van der Waals surface area contributed by atoms with Crippen LogP contribution in [0.2, 0.25) is 0 Å². The van der Waals surface area contributed by atoms with E-state index in [2.05, 4.69) is 5.32 Å². The van der Waals surface area contributed by atoms with Gasteiger partial charge in [-0.2, -0.15) is 0 Å². The Morgan fingerprint density at radius 3 is 2.33 bits per heavy atom. The predicted molar refractivity (Wildman–Crippen MR) is 80.9 cm³/mol. The number of ether oxygens (including phenoxy) is 1. The van der Waals surface area contributed by atoms with Crippen molar-refractivity contribution in [2.75, 3.05) is 11.5 Å². The molecule has 7 nitrogen and oxygen atoms in total. The van der Waals surface area contributed by atoms with Gasteiger partial charge in [-0.25, -0.2) is 13.8 Å². The molecule has 0 aliphatic rings. The lowest BCUT2D eigenvalue weighted by molar-refractivity contribution is -0.139. The minimum atomic E-state index is -2.80. The van der Waals surface area contributed by atoms with Gasteiger partial charge in [0.2, 0.25) is 0 Å². The van der Waals surface area contributed by atoms with Gasteiger partial charge in [0.05, 0.1) is 0 Å². The van der Waals surface area contributed by atoms with Crippen molar-refractivity contribution in [2.24, 2.45) is 0 Å². The minimum Gasteiger partial charge on any atom is -0.480 e. The van der Waals surface area contributed by atoms with Crippen LogP contribution in [0.25, 0.3) is 0 Å². The van der Waals surface area contributed by atoms with Gasteiger partial charge in [0.25, 0.3) is 0 Å². The first-order chi connectivity index (χ1) is 9.47. The molecule has 2 atom stereocenters. The lowest BCUT2D eigenvalue weighted by Gasteiger charge is -2.22. The first kappa shape index (κ1) is 19.7. The Labute approximate surface area is 126 Å². The summed E-state index contributed by atoms with van der Waals surface area (Å²) in [5.74, 6) is -1.03. The molecular formula is C13H26N2O5S. The van der Waals surface area contributed by atoms with Crippen molar-refractivity contribution in [3.05, 3.63) is 0 Å². The highest BCUT2D eigenvalue weighted by Crippen LogP contribution is 2.08. The molecule has 21 heavy (non-hydrogen) atoms. The van der Waals surface area contributed by atoms with Crippen LogP contribution in [0.5, 0.6) is 0 Å². The molecule has 0 saturated heterocycles. The zero-order valence-corrected chi connectivity index (χ0v) is 13.9. The zero-order valence-electron chi connectivity index (χ0n) is 13.1. The van der Waals surface area contributed by atoms with E-state index in [4.69, 9.17) is 14.6 Å².